The van der Waals surface area contributed by atoms with Crippen molar-refractivity contribution in [2.24, 2.45) is 0 Å². The molecule has 4 rings (SSSR count). The number of hydrogen-bond acceptors (Lipinski definition) is 4. The van der Waals surface area contributed by atoms with E-state index in [2.05, 4.69) is 15.7 Å². The summed E-state index contributed by atoms with van der Waals surface area (Å²) in [6, 6.07) is 10.8. The van der Waals surface area contributed by atoms with Crippen molar-refractivity contribution in [2.75, 3.05) is 17.7 Å². The number of anilines is 2. The summed E-state index contributed by atoms with van der Waals surface area (Å²) in [7, 11) is 1.55. The van der Waals surface area contributed by atoms with Crippen LogP contribution >= 0.6 is 11.6 Å². The molecule has 9 heteroatoms. The van der Waals surface area contributed by atoms with Gasteiger partial charge in [-0.3, -0.25) is 9.59 Å². The molecule has 1 atom stereocenters. The second-order valence-electron chi connectivity index (χ2n) is 7.30. The van der Waals surface area contributed by atoms with Gasteiger partial charge in [-0.15, -0.1) is 0 Å². The van der Waals surface area contributed by atoms with Gasteiger partial charge in [0.05, 0.1) is 24.4 Å². The van der Waals surface area contributed by atoms with Crippen LogP contribution in [-0.4, -0.2) is 28.7 Å². The molecule has 1 aromatic heterocycles. The number of nitrogens with zero attached hydrogens (tertiary/aromatic N) is 2. The van der Waals surface area contributed by atoms with Gasteiger partial charge in [-0.25, -0.2) is 9.07 Å². The second-order valence-corrected chi connectivity index (χ2v) is 7.74. The Morgan fingerprint density at radius 1 is 1.32 bits per heavy atom. The molecular weight excluding hydrogens is 423 g/mol. The first-order valence-corrected chi connectivity index (χ1v) is 9.98. The van der Waals surface area contributed by atoms with Crippen molar-refractivity contribution in [1.82, 2.24) is 9.78 Å². The summed E-state index contributed by atoms with van der Waals surface area (Å²) in [5, 5.41) is 10.4. The molecule has 2 aromatic carbocycles. The van der Waals surface area contributed by atoms with E-state index in [1.807, 2.05) is 6.07 Å². The van der Waals surface area contributed by atoms with E-state index in [1.165, 1.54) is 16.8 Å². The third-order valence-corrected chi connectivity index (χ3v) is 5.23. The maximum Gasteiger partial charge on any atom is 0.251 e. The molecule has 2 heterocycles. The van der Waals surface area contributed by atoms with Gasteiger partial charge in [-0.1, -0.05) is 29.8 Å². The number of aryl methyl sites for hydroxylation is 1. The van der Waals surface area contributed by atoms with Crippen molar-refractivity contribution in [3.8, 4) is 11.1 Å². The van der Waals surface area contributed by atoms with Gasteiger partial charge >= 0.3 is 0 Å². The van der Waals surface area contributed by atoms with Crippen molar-refractivity contribution in [1.29, 1.82) is 0 Å². The molecule has 0 fully saturated rings. The smallest absolute Gasteiger partial charge is 0.251 e. The molecule has 160 valence electrons. The minimum atomic E-state index is -0.868. The highest BCUT2D eigenvalue weighted by atomic mass is 35.5. The molecule has 0 aliphatic carbocycles. The Morgan fingerprint density at radius 3 is 2.84 bits per heavy atom. The van der Waals surface area contributed by atoms with Gasteiger partial charge in [-0.2, -0.15) is 5.10 Å². The standard InChI is InChI=1S/C22H20ClFN4O3/c1-12-6-7-16(15(24)8-12)25-19(29)10-18-22(30)26-21-20(13-4-3-5-14(23)9-13)17(11-31-2)27-28(18)21/h3-9,18H,10-11H2,1-2H3,(H,25,29)(H,26,30). The van der Waals surface area contributed by atoms with Gasteiger partial charge in [0, 0.05) is 17.7 Å². The normalized spacial score (nSPS) is 15.0. The minimum absolute atomic E-state index is 0.0642. The summed E-state index contributed by atoms with van der Waals surface area (Å²) in [6.07, 6.45) is -0.199. The van der Waals surface area contributed by atoms with Gasteiger partial charge in [0.15, 0.2) is 0 Å². The highest BCUT2D eigenvalue weighted by Crippen LogP contribution is 2.39. The number of ether oxygens (including phenoxy) is 1. The number of fused-ring (bicyclic) bond motifs is 1. The van der Waals surface area contributed by atoms with E-state index in [9.17, 15) is 14.0 Å². The van der Waals surface area contributed by atoms with Crippen LogP contribution in [0.5, 0.6) is 0 Å². The van der Waals surface area contributed by atoms with Crippen LogP contribution in [0.4, 0.5) is 15.9 Å². The average molecular weight is 443 g/mol. The number of carbonyl (C=O) groups excluding carboxylic acids is 2. The highest BCUT2D eigenvalue weighted by Gasteiger charge is 2.37. The van der Waals surface area contributed by atoms with Gasteiger partial charge in [0.2, 0.25) is 5.91 Å². The lowest BCUT2D eigenvalue weighted by Crippen LogP contribution is -2.24. The fraction of sp³-hybridized carbons (Fsp3) is 0.227. The average Bonchev–Trinajstić information content (AvgIpc) is 3.19. The lowest BCUT2D eigenvalue weighted by atomic mass is 10.1. The van der Waals surface area contributed by atoms with E-state index in [0.717, 1.165) is 11.1 Å². The van der Waals surface area contributed by atoms with E-state index < -0.39 is 17.8 Å². The van der Waals surface area contributed by atoms with Gasteiger partial charge in [-0.05, 0) is 42.3 Å². The molecular formula is C22H20ClFN4O3. The Hall–Kier alpha value is -3.23. The quantitative estimate of drug-likeness (QED) is 0.595. The van der Waals surface area contributed by atoms with Crippen LogP contribution in [0.1, 0.15) is 23.7 Å². The molecule has 1 aliphatic rings. The molecule has 7 nitrogen and oxygen atoms in total. The fourth-order valence-electron chi connectivity index (χ4n) is 3.60. The number of halogens is 2. The molecule has 1 unspecified atom stereocenters. The molecule has 0 bridgehead atoms. The third-order valence-electron chi connectivity index (χ3n) is 4.99. The molecule has 31 heavy (non-hydrogen) atoms. The van der Waals surface area contributed by atoms with E-state index >= 15 is 0 Å². The summed E-state index contributed by atoms with van der Waals surface area (Å²) in [6.45, 7) is 1.97. The predicted octanol–water partition coefficient (Wildman–Crippen LogP) is 4.32. The summed E-state index contributed by atoms with van der Waals surface area (Å²) in [4.78, 5) is 25.2. The van der Waals surface area contributed by atoms with E-state index in [4.69, 9.17) is 16.3 Å². The summed E-state index contributed by atoms with van der Waals surface area (Å²) in [5.74, 6) is -0.925. The Bertz CT molecular complexity index is 1180. The molecule has 0 spiro atoms. The summed E-state index contributed by atoms with van der Waals surface area (Å²) < 4.78 is 20.8. The van der Waals surface area contributed by atoms with Crippen LogP contribution in [0.2, 0.25) is 5.02 Å². The van der Waals surface area contributed by atoms with E-state index in [1.54, 1.807) is 38.3 Å². The largest absolute Gasteiger partial charge is 0.378 e. The fourth-order valence-corrected chi connectivity index (χ4v) is 3.79. The summed E-state index contributed by atoms with van der Waals surface area (Å²) in [5.41, 5.74) is 2.87. The maximum atomic E-state index is 14.1. The monoisotopic (exact) mass is 442 g/mol. The number of amides is 2. The lowest BCUT2D eigenvalue weighted by molar-refractivity contribution is -0.123. The molecule has 2 amide bonds. The molecule has 3 aromatic rings. The van der Waals surface area contributed by atoms with Gasteiger partial charge < -0.3 is 15.4 Å². The zero-order valence-corrected chi connectivity index (χ0v) is 17.7. The molecule has 2 N–H and O–H groups in total. The van der Waals surface area contributed by atoms with E-state index in [0.29, 0.717) is 22.1 Å². The van der Waals surface area contributed by atoms with Crippen LogP contribution in [0.25, 0.3) is 11.1 Å². The zero-order valence-electron chi connectivity index (χ0n) is 16.9. The number of aromatic nitrogens is 2. The summed E-state index contributed by atoms with van der Waals surface area (Å²) >= 11 is 6.14. The van der Waals surface area contributed by atoms with Crippen LogP contribution in [0, 0.1) is 12.7 Å². The van der Waals surface area contributed by atoms with Crippen molar-refractivity contribution < 1.29 is 18.7 Å². The van der Waals surface area contributed by atoms with Crippen molar-refractivity contribution in [3.63, 3.8) is 0 Å². The van der Waals surface area contributed by atoms with Crippen LogP contribution < -0.4 is 10.6 Å². The lowest BCUT2D eigenvalue weighted by Gasteiger charge is -2.11. The number of hydrogen-bond donors (Lipinski definition) is 2. The number of benzene rings is 2. The Morgan fingerprint density at radius 2 is 2.13 bits per heavy atom. The first-order valence-electron chi connectivity index (χ1n) is 9.60. The predicted molar refractivity (Wildman–Crippen MR) is 115 cm³/mol. The SMILES string of the molecule is COCc1nn2c(c1-c1cccc(Cl)c1)NC(=O)C2CC(=O)Nc1ccc(C)cc1F. The van der Waals surface area contributed by atoms with Gasteiger partial charge in [0.25, 0.3) is 5.91 Å². The number of rotatable bonds is 6. The highest BCUT2D eigenvalue weighted by molar-refractivity contribution is 6.30. The topological polar surface area (TPSA) is 85.2 Å². The zero-order chi connectivity index (χ0) is 22.1. The third kappa shape index (κ3) is 4.17. The Balaban J connectivity index is 1.63. The molecule has 0 radical (unpaired) electrons. The van der Waals surface area contributed by atoms with Gasteiger partial charge in [0.1, 0.15) is 17.7 Å². The first-order chi connectivity index (χ1) is 14.9. The Labute approximate surface area is 183 Å². The van der Waals surface area contributed by atoms with Crippen LogP contribution in [0.15, 0.2) is 42.5 Å². The molecule has 1 aliphatic heterocycles. The van der Waals surface area contributed by atoms with Crippen molar-refractivity contribution in [2.45, 2.75) is 26.0 Å². The van der Waals surface area contributed by atoms with Crippen LogP contribution in [-0.2, 0) is 20.9 Å². The van der Waals surface area contributed by atoms with E-state index in [-0.39, 0.29) is 24.6 Å². The minimum Gasteiger partial charge on any atom is -0.378 e. The number of carbonyl (C=O) groups is 2. The first kappa shape index (κ1) is 21.0. The molecule has 0 saturated carbocycles. The van der Waals surface area contributed by atoms with Crippen molar-refractivity contribution in [3.05, 3.63) is 64.6 Å². The van der Waals surface area contributed by atoms with Crippen LogP contribution in [0.3, 0.4) is 0 Å². The second kappa shape index (κ2) is 8.49. The Kier molecular flexibility index (Phi) is 5.75. The molecule has 0 saturated heterocycles. The number of nitrogens with one attached hydrogen (secondary N) is 2. The number of methoxy groups -OCH3 is 1. The maximum absolute atomic E-state index is 14.1. The van der Waals surface area contributed by atoms with Crippen molar-refractivity contribution >= 4 is 34.9 Å².